The van der Waals surface area contributed by atoms with E-state index in [4.69, 9.17) is 12.2 Å². The van der Waals surface area contributed by atoms with Crippen molar-refractivity contribution in [3.05, 3.63) is 24.5 Å². The largest absolute Gasteiger partial charge is 0.264 e. The molecule has 0 N–H and O–H groups in total. The fourth-order valence-corrected chi connectivity index (χ4v) is 4.37. The lowest BCUT2D eigenvalue weighted by atomic mass is 10.1. The Hall–Kier alpha value is -0.0600. The first-order valence-electron chi connectivity index (χ1n) is 4.97. The molecular formula is C11H13NS3. The van der Waals surface area contributed by atoms with Crippen molar-refractivity contribution in [2.45, 2.75) is 29.4 Å². The Kier molecular flexibility index (Phi) is 3.69. The summed E-state index contributed by atoms with van der Waals surface area (Å²) in [5.74, 6) is 1.24. The van der Waals surface area contributed by atoms with Crippen LogP contribution in [0.2, 0.25) is 0 Å². The van der Waals surface area contributed by atoms with E-state index in [1.165, 1.54) is 18.6 Å². The maximum absolute atomic E-state index is 5.52. The lowest BCUT2D eigenvalue weighted by molar-refractivity contribution is 0.769. The molecule has 1 aliphatic heterocycles. The number of nitrogens with zero attached hydrogens (tertiary/aromatic N) is 1. The zero-order valence-corrected chi connectivity index (χ0v) is 11.1. The highest BCUT2D eigenvalue weighted by atomic mass is 32.2. The van der Waals surface area contributed by atoms with Gasteiger partial charge in [0, 0.05) is 17.3 Å². The number of thiocarbonyl (C=S) groups is 1. The Labute approximate surface area is 104 Å². The normalized spacial score (nSPS) is 25.4. The number of hydrogen-bond donors (Lipinski definition) is 0. The number of pyridine rings is 1. The lowest BCUT2D eigenvalue weighted by Gasteiger charge is -2.22. The minimum atomic E-state index is 0.190. The first-order chi connectivity index (χ1) is 7.21. The molecule has 1 unspecified atom stereocenters. The standard InChI is InChI=1S/C11H13NS3/c1-11(5-3-7-14-11)10(13)15-9-4-2-6-12-8-9/h2,4,6,8H,3,5,7H2,1H3. The summed E-state index contributed by atoms with van der Waals surface area (Å²) in [4.78, 5) is 5.25. The van der Waals surface area contributed by atoms with Crippen molar-refractivity contribution in [1.29, 1.82) is 0 Å². The fraction of sp³-hybridized carbons (Fsp3) is 0.455. The Bertz CT molecular complexity index is 344. The SMILES string of the molecule is CC1(C(=S)Sc2cccnc2)CCCS1. The van der Waals surface area contributed by atoms with Crippen LogP contribution in [0.5, 0.6) is 0 Å². The van der Waals surface area contributed by atoms with E-state index < -0.39 is 0 Å². The molecule has 0 radical (unpaired) electrons. The van der Waals surface area contributed by atoms with Gasteiger partial charge in [-0.25, -0.2) is 0 Å². The van der Waals surface area contributed by atoms with Crippen molar-refractivity contribution in [2.24, 2.45) is 0 Å². The summed E-state index contributed by atoms with van der Waals surface area (Å²) in [5, 5.41) is 0. The van der Waals surface area contributed by atoms with Gasteiger partial charge in [0.25, 0.3) is 0 Å². The van der Waals surface area contributed by atoms with Crippen LogP contribution in [0.25, 0.3) is 0 Å². The molecule has 0 aromatic carbocycles. The summed E-state index contributed by atoms with van der Waals surface area (Å²) in [6.07, 6.45) is 6.16. The maximum atomic E-state index is 5.52. The summed E-state index contributed by atoms with van der Waals surface area (Å²) >= 11 is 9.20. The van der Waals surface area contributed by atoms with Crippen LogP contribution in [-0.4, -0.2) is 19.7 Å². The molecule has 0 saturated carbocycles. The van der Waals surface area contributed by atoms with E-state index in [0.29, 0.717) is 0 Å². The first kappa shape index (κ1) is 11.4. The fourth-order valence-electron chi connectivity index (χ4n) is 1.56. The number of thioether (sulfide) groups is 2. The minimum absolute atomic E-state index is 0.190. The molecule has 2 rings (SSSR count). The molecule has 1 atom stereocenters. The highest BCUT2D eigenvalue weighted by Gasteiger charge is 2.34. The van der Waals surface area contributed by atoms with E-state index in [2.05, 4.69) is 18.0 Å². The molecule has 4 heteroatoms. The molecule has 1 aliphatic rings. The topological polar surface area (TPSA) is 12.9 Å². The van der Waals surface area contributed by atoms with Gasteiger partial charge in [0.1, 0.15) is 0 Å². The molecule has 0 aliphatic carbocycles. The highest BCUT2D eigenvalue weighted by molar-refractivity contribution is 8.25. The second-order valence-corrected chi connectivity index (χ2v) is 7.11. The zero-order valence-electron chi connectivity index (χ0n) is 8.60. The van der Waals surface area contributed by atoms with E-state index in [1.54, 1.807) is 18.0 Å². The van der Waals surface area contributed by atoms with E-state index in [0.717, 1.165) is 9.09 Å². The average molecular weight is 255 g/mol. The van der Waals surface area contributed by atoms with Crippen LogP contribution in [0, 0.1) is 0 Å². The van der Waals surface area contributed by atoms with Gasteiger partial charge in [-0.15, -0.1) is 11.8 Å². The quantitative estimate of drug-likeness (QED) is 0.589. The molecule has 1 aromatic rings. The van der Waals surface area contributed by atoms with Gasteiger partial charge in [-0.05, 0) is 37.7 Å². The lowest BCUT2D eigenvalue weighted by Crippen LogP contribution is -2.24. The Morgan fingerprint density at radius 3 is 3.13 bits per heavy atom. The number of aromatic nitrogens is 1. The monoisotopic (exact) mass is 255 g/mol. The Balaban J connectivity index is 2.04. The molecule has 0 amide bonds. The minimum Gasteiger partial charge on any atom is -0.264 e. The average Bonchev–Trinajstić information content (AvgIpc) is 2.68. The van der Waals surface area contributed by atoms with Crippen molar-refractivity contribution < 1.29 is 0 Å². The predicted molar refractivity (Wildman–Crippen MR) is 72.8 cm³/mol. The van der Waals surface area contributed by atoms with Crippen LogP contribution in [0.15, 0.2) is 29.4 Å². The molecule has 1 fully saturated rings. The summed E-state index contributed by atoms with van der Waals surface area (Å²) < 4.78 is 1.29. The third-order valence-corrected chi connectivity index (χ3v) is 6.11. The number of rotatable bonds is 2. The van der Waals surface area contributed by atoms with E-state index >= 15 is 0 Å². The van der Waals surface area contributed by atoms with Gasteiger partial charge in [-0.2, -0.15) is 0 Å². The molecule has 0 bridgehead atoms. The Morgan fingerprint density at radius 1 is 1.67 bits per heavy atom. The van der Waals surface area contributed by atoms with E-state index in [9.17, 15) is 0 Å². The second-order valence-electron chi connectivity index (χ2n) is 3.76. The van der Waals surface area contributed by atoms with Crippen LogP contribution < -0.4 is 0 Å². The van der Waals surface area contributed by atoms with Crippen LogP contribution >= 0.6 is 35.7 Å². The molecule has 1 nitrogen and oxygen atoms in total. The van der Waals surface area contributed by atoms with Crippen LogP contribution in [0.3, 0.4) is 0 Å². The van der Waals surface area contributed by atoms with Crippen molar-refractivity contribution in [3.63, 3.8) is 0 Å². The smallest absolute Gasteiger partial charge is 0.0685 e. The summed E-state index contributed by atoms with van der Waals surface area (Å²) in [7, 11) is 0. The van der Waals surface area contributed by atoms with Crippen LogP contribution in [-0.2, 0) is 0 Å². The third-order valence-electron chi connectivity index (χ3n) is 2.50. The van der Waals surface area contributed by atoms with Crippen molar-refractivity contribution in [1.82, 2.24) is 4.98 Å². The highest BCUT2D eigenvalue weighted by Crippen LogP contribution is 2.43. The van der Waals surface area contributed by atoms with Crippen LogP contribution in [0.4, 0.5) is 0 Å². The summed E-state index contributed by atoms with van der Waals surface area (Å²) in [5.41, 5.74) is 0. The van der Waals surface area contributed by atoms with Crippen molar-refractivity contribution >= 4 is 39.9 Å². The third kappa shape index (κ3) is 2.74. The first-order valence-corrected chi connectivity index (χ1v) is 7.18. The molecular weight excluding hydrogens is 242 g/mol. The van der Waals surface area contributed by atoms with Gasteiger partial charge < -0.3 is 0 Å². The molecule has 1 aromatic heterocycles. The predicted octanol–water partition coefficient (Wildman–Crippen LogP) is 3.79. The Morgan fingerprint density at radius 2 is 2.53 bits per heavy atom. The second kappa shape index (κ2) is 4.85. The van der Waals surface area contributed by atoms with Crippen molar-refractivity contribution in [3.8, 4) is 0 Å². The molecule has 15 heavy (non-hydrogen) atoms. The van der Waals surface area contributed by atoms with Gasteiger partial charge in [0.15, 0.2) is 0 Å². The summed E-state index contributed by atoms with van der Waals surface area (Å²) in [6, 6.07) is 4.02. The molecule has 0 spiro atoms. The van der Waals surface area contributed by atoms with E-state index in [1.807, 2.05) is 24.0 Å². The van der Waals surface area contributed by atoms with Gasteiger partial charge in [-0.3, -0.25) is 4.98 Å². The van der Waals surface area contributed by atoms with E-state index in [-0.39, 0.29) is 4.75 Å². The van der Waals surface area contributed by atoms with Gasteiger partial charge in [0.05, 0.1) is 8.94 Å². The van der Waals surface area contributed by atoms with Gasteiger partial charge in [-0.1, -0.05) is 24.0 Å². The zero-order chi connectivity index (χ0) is 10.7. The summed E-state index contributed by atoms with van der Waals surface area (Å²) in [6.45, 7) is 2.26. The molecule has 80 valence electrons. The van der Waals surface area contributed by atoms with Crippen molar-refractivity contribution in [2.75, 3.05) is 5.75 Å². The molecule has 2 heterocycles. The van der Waals surface area contributed by atoms with Gasteiger partial charge in [0.2, 0.25) is 0 Å². The van der Waals surface area contributed by atoms with Gasteiger partial charge >= 0.3 is 0 Å². The molecule has 1 saturated heterocycles. The van der Waals surface area contributed by atoms with Crippen LogP contribution in [0.1, 0.15) is 19.8 Å². The number of hydrogen-bond acceptors (Lipinski definition) is 4. The maximum Gasteiger partial charge on any atom is 0.0685 e.